The molecule has 2 aromatic rings. The van der Waals surface area contributed by atoms with Gasteiger partial charge < -0.3 is 0 Å². The number of aromatic nitrogens is 4. The zero-order valence-corrected chi connectivity index (χ0v) is 9.90. The van der Waals surface area contributed by atoms with Gasteiger partial charge >= 0.3 is 0 Å². The van der Waals surface area contributed by atoms with Crippen LogP contribution in [0.1, 0.15) is 24.2 Å². The van der Waals surface area contributed by atoms with Crippen molar-refractivity contribution in [3.63, 3.8) is 0 Å². The van der Waals surface area contributed by atoms with E-state index < -0.39 is 0 Å². The van der Waals surface area contributed by atoms with Gasteiger partial charge in [-0.15, -0.1) is 10.2 Å². The van der Waals surface area contributed by atoms with Crippen molar-refractivity contribution in [2.75, 3.05) is 0 Å². The second-order valence-electron chi connectivity index (χ2n) is 3.50. The summed E-state index contributed by atoms with van der Waals surface area (Å²) in [5.74, 6) is 1.04. The number of hydrogen-bond acceptors (Lipinski definition) is 3. The van der Waals surface area contributed by atoms with E-state index in [2.05, 4.69) is 55.6 Å². The van der Waals surface area contributed by atoms with Crippen molar-refractivity contribution in [3.8, 4) is 0 Å². The van der Waals surface area contributed by atoms with Gasteiger partial charge in [-0.3, -0.25) is 0 Å². The molecule has 1 heterocycles. The molecule has 0 bridgehead atoms. The molecule has 0 radical (unpaired) electrons. The van der Waals surface area contributed by atoms with E-state index in [4.69, 9.17) is 0 Å². The summed E-state index contributed by atoms with van der Waals surface area (Å²) >= 11 is 3.41. The lowest BCUT2D eigenvalue weighted by Crippen LogP contribution is -2.00. The molecular weight excluding hydrogens is 256 g/mol. The lowest BCUT2D eigenvalue weighted by atomic mass is 10.0. The molecule has 0 fully saturated rings. The summed E-state index contributed by atoms with van der Waals surface area (Å²) in [6, 6.07) is 8.28. The number of nitrogens with one attached hydrogen (secondary N) is 1. The van der Waals surface area contributed by atoms with Crippen LogP contribution in [0.2, 0.25) is 0 Å². The number of tetrazole rings is 1. The van der Waals surface area contributed by atoms with E-state index in [1.54, 1.807) is 0 Å². The summed E-state index contributed by atoms with van der Waals surface area (Å²) in [5.41, 5.74) is 1.27. The van der Waals surface area contributed by atoms with Crippen LogP contribution in [0.25, 0.3) is 0 Å². The quantitative estimate of drug-likeness (QED) is 0.928. The van der Waals surface area contributed by atoms with Crippen molar-refractivity contribution in [3.05, 3.63) is 40.1 Å². The second kappa shape index (κ2) is 4.53. The van der Waals surface area contributed by atoms with Gasteiger partial charge in [-0.25, -0.2) is 0 Å². The molecule has 1 aromatic heterocycles. The first kappa shape index (κ1) is 10.3. The molecule has 0 aliphatic carbocycles. The van der Waals surface area contributed by atoms with Crippen LogP contribution in [0.15, 0.2) is 28.7 Å². The molecule has 0 aliphatic rings. The first-order chi connectivity index (χ1) is 7.25. The Balaban J connectivity index is 2.06. The molecule has 0 aliphatic heterocycles. The third kappa shape index (κ3) is 2.62. The second-order valence-corrected chi connectivity index (χ2v) is 4.42. The number of benzene rings is 1. The van der Waals surface area contributed by atoms with Crippen molar-refractivity contribution < 1.29 is 0 Å². The summed E-state index contributed by atoms with van der Waals surface area (Å²) in [6.45, 7) is 2.09. The molecule has 0 saturated carbocycles. The Morgan fingerprint density at radius 3 is 2.67 bits per heavy atom. The molecule has 0 saturated heterocycles. The molecule has 15 heavy (non-hydrogen) atoms. The fraction of sp³-hybridized carbons (Fsp3) is 0.300. The fourth-order valence-corrected chi connectivity index (χ4v) is 1.71. The molecule has 1 aromatic carbocycles. The largest absolute Gasteiger partial charge is 0.177 e. The third-order valence-corrected chi connectivity index (χ3v) is 2.79. The van der Waals surface area contributed by atoms with Gasteiger partial charge in [0.2, 0.25) is 0 Å². The molecule has 1 unspecified atom stereocenters. The third-order valence-electron chi connectivity index (χ3n) is 2.26. The van der Waals surface area contributed by atoms with Crippen LogP contribution in [0.4, 0.5) is 0 Å². The summed E-state index contributed by atoms with van der Waals surface area (Å²) in [6.07, 6.45) is 0.923. The van der Waals surface area contributed by atoms with Gasteiger partial charge in [-0.2, -0.15) is 5.21 Å². The van der Waals surface area contributed by atoms with Crippen LogP contribution in [0.3, 0.4) is 0 Å². The predicted molar refractivity (Wildman–Crippen MR) is 60.4 cm³/mol. The molecule has 1 atom stereocenters. The Morgan fingerprint density at radius 2 is 2.07 bits per heavy atom. The van der Waals surface area contributed by atoms with Crippen LogP contribution in [-0.4, -0.2) is 20.6 Å². The fourth-order valence-electron chi connectivity index (χ4n) is 1.44. The minimum Gasteiger partial charge on any atom is -0.177 e. The summed E-state index contributed by atoms with van der Waals surface area (Å²) < 4.78 is 1.10. The van der Waals surface area contributed by atoms with Gasteiger partial charge in [0, 0.05) is 10.4 Å². The number of hydrogen-bond donors (Lipinski definition) is 1. The van der Waals surface area contributed by atoms with Crippen molar-refractivity contribution in [2.45, 2.75) is 19.3 Å². The minimum atomic E-state index is 0.282. The number of nitrogens with zero attached hydrogens (tertiary/aromatic N) is 3. The van der Waals surface area contributed by atoms with Gasteiger partial charge in [-0.05, 0) is 24.1 Å². The van der Waals surface area contributed by atoms with E-state index >= 15 is 0 Å². The van der Waals surface area contributed by atoms with Crippen LogP contribution >= 0.6 is 15.9 Å². The normalized spacial score (nSPS) is 12.7. The number of rotatable bonds is 3. The average molecular weight is 267 g/mol. The molecule has 0 spiro atoms. The van der Waals surface area contributed by atoms with E-state index in [0.29, 0.717) is 0 Å². The molecular formula is C10H11BrN4. The maximum Gasteiger partial charge on any atom is 0.177 e. The predicted octanol–water partition coefficient (Wildman–Crippen LogP) is 2.31. The lowest BCUT2D eigenvalue weighted by molar-refractivity contribution is 0.700. The van der Waals surface area contributed by atoms with Gasteiger partial charge in [0.15, 0.2) is 5.82 Å². The summed E-state index contributed by atoms with van der Waals surface area (Å²) in [4.78, 5) is 0. The Kier molecular flexibility index (Phi) is 3.11. The number of halogens is 1. The highest BCUT2D eigenvalue weighted by atomic mass is 79.9. The lowest BCUT2D eigenvalue weighted by Gasteiger charge is -2.06. The van der Waals surface area contributed by atoms with Gasteiger partial charge in [0.05, 0.1) is 0 Å². The van der Waals surface area contributed by atoms with Crippen molar-refractivity contribution in [1.29, 1.82) is 0 Å². The number of aromatic amines is 1. The molecule has 4 nitrogen and oxygen atoms in total. The topological polar surface area (TPSA) is 54.5 Å². The Bertz CT molecular complexity index is 409. The zero-order chi connectivity index (χ0) is 10.7. The Morgan fingerprint density at radius 1 is 1.33 bits per heavy atom. The highest BCUT2D eigenvalue weighted by Crippen LogP contribution is 2.18. The Labute approximate surface area is 96.2 Å². The highest BCUT2D eigenvalue weighted by Gasteiger charge is 2.10. The zero-order valence-electron chi connectivity index (χ0n) is 8.31. The summed E-state index contributed by atoms with van der Waals surface area (Å²) in [7, 11) is 0. The monoisotopic (exact) mass is 266 g/mol. The van der Waals surface area contributed by atoms with E-state index in [-0.39, 0.29) is 5.92 Å². The molecule has 5 heteroatoms. The van der Waals surface area contributed by atoms with E-state index in [0.717, 1.165) is 16.7 Å². The van der Waals surface area contributed by atoms with Crippen molar-refractivity contribution >= 4 is 15.9 Å². The molecule has 2 rings (SSSR count). The van der Waals surface area contributed by atoms with Crippen LogP contribution in [-0.2, 0) is 6.42 Å². The maximum absolute atomic E-state index is 3.97. The van der Waals surface area contributed by atoms with E-state index in [1.165, 1.54) is 5.56 Å². The smallest absolute Gasteiger partial charge is 0.177 e. The average Bonchev–Trinajstić information content (AvgIpc) is 2.74. The van der Waals surface area contributed by atoms with E-state index in [1.807, 2.05) is 12.1 Å². The SMILES string of the molecule is CC(Cc1ccc(Br)cc1)c1nn[nH]n1. The maximum atomic E-state index is 3.97. The number of H-pyrrole nitrogens is 1. The van der Waals surface area contributed by atoms with Crippen LogP contribution in [0.5, 0.6) is 0 Å². The molecule has 0 amide bonds. The van der Waals surface area contributed by atoms with Crippen LogP contribution in [0, 0.1) is 0 Å². The van der Waals surface area contributed by atoms with Crippen molar-refractivity contribution in [2.24, 2.45) is 0 Å². The van der Waals surface area contributed by atoms with Gasteiger partial charge in [-0.1, -0.05) is 40.2 Å². The summed E-state index contributed by atoms with van der Waals surface area (Å²) in [5, 5.41) is 14.0. The first-order valence-electron chi connectivity index (χ1n) is 4.73. The minimum absolute atomic E-state index is 0.282. The highest BCUT2D eigenvalue weighted by molar-refractivity contribution is 9.10. The standard InChI is InChI=1S/C10H11BrN4/c1-7(10-12-14-15-13-10)6-8-2-4-9(11)5-3-8/h2-5,7H,6H2,1H3,(H,12,13,14,15). The molecule has 78 valence electrons. The first-order valence-corrected chi connectivity index (χ1v) is 5.53. The van der Waals surface area contributed by atoms with Gasteiger partial charge in [0.1, 0.15) is 0 Å². The van der Waals surface area contributed by atoms with Gasteiger partial charge in [0.25, 0.3) is 0 Å². The van der Waals surface area contributed by atoms with Crippen molar-refractivity contribution in [1.82, 2.24) is 20.6 Å². The molecule has 1 N–H and O–H groups in total. The van der Waals surface area contributed by atoms with Crippen LogP contribution < -0.4 is 0 Å². The Hall–Kier alpha value is -1.23. The van der Waals surface area contributed by atoms with E-state index in [9.17, 15) is 0 Å².